The number of β-amino-alcohol motifs (C(OH)–C–C–N with tert-alkyl or cyclic N) is 1. The molecule has 0 aromatic rings. The number of carbonyl (C=O) groups is 1. The van der Waals surface area contributed by atoms with Crippen LogP contribution >= 0.6 is 0 Å². The van der Waals surface area contributed by atoms with Crippen molar-refractivity contribution in [2.75, 3.05) is 45.1 Å². The third-order valence-electron chi connectivity index (χ3n) is 6.71. The van der Waals surface area contributed by atoms with Crippen LogP contribution in [0.25, 0.3) is 0 Å². The number of carbonyl (C=O) groups excluding carboxylic acids is 1. The summed E-state index contributed by atoms with van der Waals surface area (Å²) in [6.07, 6.45) is 2.23. The minimum atomic E-state index is -3.43. The molecule has 1 N–H and O–H groups in total. The van der Waals surface area contributed by atoms with Crippen molar-refractivity contribution in [3.63, 3.8) is 0 Å². The van der Waals surface area contributed by atoms with Crippen LogP contribution in [0.15, 0.2) is 0 Å². The van der Waals surface area contributed by atoms with Crippen LogP contribution in [-0.4, -0.2) is 73.6 Å². The Morgan fingerprint density at radius 2 is 1.87 bits per heavy atom. The van der Waals surface area contributed by atoms with Gasteiger partial charge < -0.3 is 5.11 Å². The largest absolute Gasteiger partial charge is 0.395 e. The van der Waals surface area contributed by atoms with Gasteiger partial charge >= 0.3 is 0 Å². The average molecular weight is 344 g/mol. The van der Waals surface area contributed by atoms with E-state index >= 15 is 0 Å². The molecule has 1 heterocycles. The molecule has 6 nitrogen and oxygen atoms in total. The molecule has 2 aliphatic carbocycles. The maximum absolute atomic E-state index is 12.9. The lowest BCUT2D eigenvalue weighted by molar-refractivity contribution is -0.128. The van der Waals surface area contributed by atoms with Crippen molar-refractivity contribution >= 4 is 15.8 Å². The van der Waals surface area contributed by atoms with Gasteiger partial charge in [-0.25, -0.2) is 8.42 Å². The highest BCUT2D eigenvalue weighted by molar-refractivity contribution is 7.89. The first-order valence-electron chi connectivity index (χ1n) is 8.57. The van der Waals surface area contributed by atoms with Crippen LogP contribution in [0.4, 0.5) is 0 Å². The summed E-state index contributed by atoms with van der Waals surface area (Å²) in [6, 6.07) is 0. The Bertz CT molecular complexity index is 581. The van der Waals surface area contributed by atoms with Crippen molar-refractivity contribution in [2.45, 2.75) is 33.1 Å². The van der Waals surface area contributed by atoms with Gasteiger partial charge in [0.05, 0.1) is 12.4 Å². The molecule has 0 aromatic heterocycles. The minimum absolute atomic E-state index is 0.0255. The van der Waals surface area contributed by atoms with E-state index in [0.29, 0.717) is 51.5 Å². The second-order valence-corrected chi connectivity index (χ2v) is 9.86. The van der Waals surface area contributed by atoms with Gasteiger partial charge in [-0.3, -0.25) is 9.69 Å². The van der Waals surface area contributed by atoms with Crippen molar-refractivity contribution in [2.24, 2.45) is 16.7 Å². The molecule has 0 aromatic carbocycles. The van der Waals surface area contributed by atoms with Crippen LogP contribution in [0.2, 0.25) is 0 Å². The number of rotatable bonds is 5. The predicted octanol–water partition coefficient (Wildman–Crippen LogP) is 0.322. The lowest BCUT2D eigenvalue weighted by Crippen LogP contribution is -2.53. The lowest BCUT2D eigenvalue weighted by Gasteiger charge is -2.39. The fourth-order valence-corrected chi connectivity index (χ4v) is 7.09. The first-order valence-corrected chi connectivity index (χ1v) is 10.2. The zero-order valence-corrected chi connectivity index (χ0v) is 14.9. The van der Waals surface area contributed by atoms with Crippen LogP contribution in [0.1, 0.15) is 33.1 Å². The zero-order chi connectivity index (χ0) is 16.9. The number of fused-ring (bicyclic) bond motifs is 2. The number of Topliss-reactive ketones (excluding diaryl/α,β-unsaturated/α-hetero) is 1. The van der Waals surface area contributed by atoms with Crippen LogP contribution in [0, 0.1) is 16.7 Å². The smallest absolute Gasteiger partial charge is 0.215 e. The third-order valence-corrected chi connectivity index (χ3v) is 8.72. The summed E-state index contributed by atoms with van der Waals surface area (Å²) in [6.45, 7) is 7.03. The molecule has 1 saturated heterocycles. The van der Waals surface area contributed by atoms with Gasteiger partial charge in [-0.15, -0.1) is 0 Å². The van der Waals surface area contributed by atoms with Gasteiger partial charge in [-0.1, -0.05) is 13.8 Å². The number of nitrogens with zero attached hydrogens (tertiary/aromatic N) is 2. The summed E-state index contributed by atoms with van der Waals surface area (Å²) in [5.41, 5.74) is -0.894. The highest BCUT2D eigenvalue weighted by atomic mass is 32.2. The molecule has 3 aliphatic rings. The van der Waals surface area contributed by atoms with E-state index in [1.54, 1.807) is 4.31 Å². The molecule has 2 atom stereocenters. The van der Waals surface area contributed by atoms with Crippen molar-refractivity contribution in [3.8, 4) is 0 Å². The summed E-state index contributed by atoms with van der Waals surface area (Å²) in [4.78, 5) is 14.6. The van der Waals surface area contributed by atoms with Gasteiger partial charge in [0.2, 0.25) is 10.0 Å². The maximum atomic E-state index is 12.9. The molecule has 2 saturated carbocycles. The number of sulfonamides is 1. The van der Waals surface area contributed by atoms with E-state index in [9.17, 15) is 13.2 Å². The Kier molecular flexibility index (Phi) is 4.36. The third kappa shape index (κ3) is 2.65. The van der Waals surface area contributed by atoms with Gasteiger partial charge in [0.1, 0.15) is 5.78 Å². The van der Waals surface area contributed by atoms with E-state index in [1.165, 1.54) is 0 Å². The number of piperazine rings is 1. The predicted molar refractivity (Wildman–Crippen MR) is 87.4 cm³/mol. The number of hydrogen-bond donors (Lipinski definition) is 1. The van der Waals surface area contributed by atoms with Crippen LogP contribution in [0.5, 0.6) is 0 Å². The van der Waals surface area contributed by atoms with E-state index < -0.39 is 15.4 Å². The first kappa shape index (κ1) is 17.3. The second-order valence-electron chi connectivity index (χ2n) is 7.89. The average Bonchev–Trinajstić information content (AvgIpc) is 2.82. The van der Waals surface area contributed by atoms with Gasteiger partial charge in [0.15, 0.2) is 0 Å². The first-order chi connectivity index (χ1) is 10.7. The second kappa shape index (κ2) is 5.79. The van der Waals surface area contributed by atoms with E-state index in [-0.39, 0.29) is 23.6 Å². The highest BCUT2D eigenvalue weighted by Gasteiger charge is 2.65. The van der Waals surface area contributed by atoms with Gasteiger partial charge in [-0.05, 0) is 24.2 Å². The Morgan fingerprint density at radius 1 is 1.22 bits per heavy atom. The highest BCUT2D eigenvalue weighted by Crippen LogP contribution is 2.64. The zero-order valence-electron chi connectivity index (χ0n) is 14.1. The van der Waals surface area contributed by atoms with Crippen LogP contribution < -0.4 is 0 Å². The van der Waals surface area contributed by atoms with E-state index in [2.05, 4.69) is 18.7 Å². The number of hydrogen-bond acceptors (Lipinski definition) is 5. The van der Waals surface area contributed by atoms with Crippen molar-refractivity contribution in [1.82, 2.24) is 9.21 Å². The van der Waals surface area contributed by atoms with Gasteiger partial charge in [-0.2, -0.15) is 4.31 Å². The SMILES string of the molecule is CC1(C)C2CCC1(CS(=O)(=O)N1CCN(CCO)CC1)C(=O)C2. The Labute approximate surface area is 138 Å². The molecule has 2 unspecified atom stereocenters. The molecule has 2 bridgehead atoms. The van der Waals surface area contributed by atoms with Gasteiger partial charge in [0, 0.05) is 44.6 Å². The van der Waals surface area contributed by atoms with Crippen LogP contribution in [0.3, 0.4) is 0 Å². The van der Waals surface area contributed by atoms with Crippen molar-refractivity contribution < 1.29 is 18.3 Å². The van der Waals surface area contributed by atoms with Crippen molar-refractivity contribution in [3.05, 3.63) is 0 Å². The Balaban J connectivity index is 1.73. The quantitative estimate of drug-likeness (QED) is 0.777. The van der Waals surface area contributed by atoms with E-state index in [0.717, 1.165) is 6.42 Å². The molecule has 23 heavy (non-hydrogen) atoms. The summed E-state index contributed by atoms with van der Waals surface area (Å²) in [5.74, 6) is 0.468. The number of ketones is 1. The monoisotopic (exact) mass is 344 g/mol. The Hall–Kier alpha value is -0.500. The van der Waals surface area contributed by atoms with Crippen molar-refractivity contribution in [1.29, 1.82) is 0 Å². The summed E-state index contributed by atoms with van der Waals surface area (Å²) in [5, 5.41) is 8.98. The standard InChI is InChI=1S/C16H28N2O4S/c1-15(2)13-3-4-16(15,14(20)11-13)12-23(21,22)18-7-5-17(6-8-18)9-10-19/h13,19H,3-12H2,1-2H3. The number of aliphatic hydroxyl groups excluding tert-OH is 1. The molecule has 3 rings (SSSR count). The van der Waals surface area contributed by atoms with Crippen LogP contribution in [-0.2, 0) is 14.8 Å². The fourth-order valence-electron chi connectivity index (χ4n) is 4.88. The van der Waals surface area contributed by atoms with Gasteiger partial charge in [0.25, 0.3) is 0 Å². The summed E-state index contributed by atoms with van der Waals surface area (Å²) >= 11 is 0. The van der Waals surface area contributed by atoms with E-state index in [1.807, 2.05) is 0 Å². The minimum Gasteiger partial charge on any atom is -0.395 e. The molecule has 1 aliphatic heterocycles. The summed E-state index contributed by atoms with van der Waals surface area (Å²) < 4.78 is 27.4. The molecule has 0 radical (unpaired) electrons. The topological polar surface area (TPSA) is 77.9 Å². The molecular weight excluding hydrogens is 316 g/mol. The molecule has 3 fully saturated rings. The molecule has 7 heteroatoms. The molecule has 0 spiro atoms. The summed E-state index contributed by atoms with van der Waals surface area (Å²) in [7, 11) is -3.43. The Morgan fingerprint density at radius 3 is 2.35 bits per heavy atom. The lowest BCUT2D eigenvalue weighted by atomic mass is 9.70. The molecular formula is C16H28N2O4S. The molecule has 132 valence electrons. The number of aliphatic hydroxyl groups is 1. The van der Waals surface area contributed by atoms with E-state index in [4.69, 9.17) is 5.11 Å². The normalized spacial score (nSPS) is 35.1. The fraction of sp³-hybridized carbons (Fsp3) is 0.938. The maximum Gasteiger partial charge on any atom is 0.215 e. The molecule has 0 amide bonds.